The third kappa shape index (κ3) is 6.87. The van der Waals surface area contributed by atoms with E-state index in [1.54, 1.807) is 12.1 Å². The van der Waals surface area contributed by atoms with Gasteiger partial charge in [0.1, 0.15) is 0 Å². The number of primary amides is 1. The molecule has 0 fully saturated rings. The summed E-state index contributed by atoms with van der Waals surface area (Å²) in [6.45, 7) is 1.73. The molecule has 23 heavy (non-hydrogen) atoms. The van der Waals surface area contributed by atoms with Crippen LogP contribution in [0.3, 0.4) is 0 Å². The number of aryl methyl sites for hydroxylation is 2. The Morgan fingerprint density at radius 2 is 1.52 bits per heavy atom. The molecule has 0 bridgehead atoms. The first-order chi connectivity index (χ1) is 10.2. The van der Waals surface area contributed by atoms with Gasteiger partial charge in [-0.2, -0.15) is 0 Å². The summed E-state index contributed by atoms with van der Waals surface area (Å²) in [5.41, 5.74) is 6.56. The fraction of sp³-hybridized carbons (Fsp3) is 0.200. The van der Waals surface area contributed by atoms with Crippen LogP contribution in [0.2, 0.25) is 0 Å². The van der Waals surface area contributed by atoms with Crippen LogP contribution >= 0.6 is 0 Å². The van der Waals surface area contributed by atoms with E-state index in [2.05, 4.69) is 9.72 Å². The van der Waals surface area contributed by atoms with Gasteiger partial charge in [0.05, 0.1) is 18.2 Å². The number of halogens is 2. The van der Waals surface area contributed by atoms with Crippen LogP contribution in [0.1, 0.15) is 22.3 Å². The molecule has 2 heterocycles. The number of nitrogens with zero attached hydrogens (tertiary/aromatic N) is 3. The third-order valence-corrected chi connectivity index (χ3v) is 3.13. The van der Waals surface area contributed by atoms with Gasteiger partial charge in [0.15, 0.2) is 37.9 Å². The van der Waals surface area contributed by atoms with Crippen molar-refractivity contribution in [1.29, 1.82) is 0 Å². The molecule has 0 spiro atoms. The molecule has 0 aromatic carbocycles. The Balaban J connectivity index is 0.00000242. The first-order valence-electron chi connectivity index (χ1n) is 6.64. The van der Waals surface area contributed by atoms with Crippen molar-refractivity contribution in [1.82, 2.24) is 0 Å². The Labute approximate surface area is 155 Å². The van der Waals surface area contributed by atoms with Gasteiger partial charge in [-0.15, -0.1) is 0 Å². The zero-order valence-corrected chi connectivity index (χ0v) is 15.5. The molecule has 0 saturated carbocycles. The Morgan fingerprint density at radius 3 is 1.96 bits per heavy atom. The highest BCUT2D eigenvalue weighted by molar-refractivity contribution is 5.92. The third-order valence-electron chi connectivity index (χ3n) is 3.13. The monoisotopic (exact) mass is 444 g/mol. The lowest BCUT2D eigenvalue weighted by Crippen LogP contribution is -3.00. The van der Waals surface area contributed by atoms with Crippen LogP contribution in [0, 0.1) is 0 Å². The lowest BCUT2D eigenvalue weighted by Gasteiger charge is -1.98. The summed E-state index contributed by atoms with van der Waals surface area (Å²) in [5, 5.41) is 11.4. The summed E-state index contributed by atoms with van der Waals surface area (Å²) in [7, 11) is 0. The van der Waals surface area contributed by atoms with E-state index in [0.29, 0.717) is 5.56 Å². The van der Waals surface area contributed by atoms with Gasteiger partial charge in [0.2, 0.25) is 5.91 Å². The second-order valence-corrected chi connectivity index (χ2v) is 4.66. The SMILES string of the molecule is NC(=O)c1cc[n+](CCC[n+]2ccc(/C=N/O)cc2)cc1.[Br-].[Br-]. The first kappa shape index (κ1) is 21.2. The van der Waals surface area contributed by atoms with Gasteiger partial charge in [-0.3, -0.25) is 4.79 Å². The molecule has 1 amide bonds. The quantitative estimate of drug-likeness (QED) is 0.201. The van der Waals surface area contributed by atoms with Crippen LogP contribution in [0.4, 0.5) is 0 Å². The molecule has 2 aromatic rings. The molecule has 0 aliphatic rings. The predicted molar refractivity (Wildman–Crippen MR) is 75.8 cm³/mol. The van der Waals surface area contributed by atoms with Gasteiger partial charge >= 0.3 is 0 Å². The Bertz CT molecular complexity index is 631. The van der Waals surface area contributed by atoms with Crippen LogP contribution < -0.4 is 48.8 Å². The number of pyridine rings is 2. The molecule has 0 unspecified atom stereocenters. The van der Waals surface area contributed by atoms with E-state index in [4.69, 9.17) is 10.9 Å². The number of rotatable bonds is 6. The lowest BCUT2D eigenvalue weighted by atomic mass is 10.2. The Hall–Kier alpha value is -1.80. The zero-order valence-electron chi connectivity index (χ0n) is 12.3. The molecule has 6 nitrogen and oxygen atoms in total. The van der Waals surface area contributed by atoms with Crippen LogP contribution in [-0.2, 0) is 13.1 Å². The maximum Gasteiger partial charge on any atom is 0.249 e. The van der Waals surface area contributed by atoms with Crippen molar-refractivity contribution in [3.05, 3.63) is 60.2 Å². The van der Waals surface area contributed by atoms with Gasteiger partial charge in [0, 0.05) is 29.8 Å². The second kappa shape index (κ2) is 10.8. The largest absolute Gasteiger partial charge is 1.00 e. The van der Waals surface area contributed by atoms with Gasteiger partial charge in [-0.1, -0.05) is 5.16 Å². The molecule has 0 radical (unpaired) electrons. The van der Waals surface area contributed by atoms with Gasteiger partial charge < -0.3 is 44.9 Å². The molecule has 124 valence electrons. The number of aromatic nitrogens is 2. The molecule has 2 rings (SSSR count). The van der Waals surface area contributed by atoms with E-state index in [0.717, 1.165) is 25.1 Å². The maximum absolute atomic E-state index is 11.0. The van der Waals surface area contributed by atoms with Gasteiger partial charge in [-0.25, -0.2) is 9.13 Å². The molecule has 8 heteroatoms. The first-order valence-corrected chi connectivity index (χ1v) is 6.64. The molecule has 0 aliphatic heterocycles. The van der Waals surface area contributed by atoms with Crippen LogP contribution in [0.15, 0.2) is 54.2 Å². The number of carbonyl (C=O) groups is 1. The number of amides is 1. The fourth-order valence-electron chi connectivity index (χ4n) is 1.98. The van der Waals surface area contributed by atoms with Crippen molar-refractivity contribution in [3.63, 3.8) is 0 Å². The molecule has 0 atom stereocenters. The minimum atomic E-state index is -0.413. The molecular weight excluding hydrogens is 428 g/mol. The van der Waals surface area contributed by atoms with E-state index in [9.17, 15) is 4.79 Å². The lowest BCUT2D eigenvalue weighted by molar-refractivity contribution is -0.726. The number of hydrogen-bond donors (Lipinski definition) is 2. The minimum absolute atomic E-state index is 0. The molecule has 3 N–H and O–H groups in total. The minimum Gasteiger partial charge on any atom is -1.00 e. The summed E-state index contributed by atoms with van der Waals surface area (Å²) >= 11 is 0. The van der Waals surface area contributed by atoms with Crippen molar-refractivity contribution in [3.8, 4) is 0 Å². The summed E-state index contributed by atoms with van der Waals surface area (Å²) < 4.78 is 4.08. The topological polar surface area (TPSA) is 83.4 Å². The van der Waals surface area contributed by atoms with Crippen LogP contribution in [0.5, 0.6) is 0 Å². The summed E-state index contributed by atoms with van der Waals surface area (Å²) in [5.74, 6) is -0.413. The maximum atomic E-state index is 11.0. The highest BCUT2D eigenvalue weighted by atomic mass is 79.9. The summed E-state index contributed by atoms with van der Waals surface area (Å²) in [6.07, 6.45) is 9.94. The Kier molecular flexibility index (Phi) is 10.00. The van der Waals surface area contributed by atoms with Crippen molar-refractivity contribution in [2.45, 2.75) is 19.5 Å². The van der Waals surface area contributed by atoms with Gasteiger partial charge in [-0.05, 0) is 0 Å². The highest BCUT2D eigenvalue weighted by Gasteiger charge is 2.06. The normalized spacial score (nSPS) is 9.91. The van der Waals surface area contributed by atoms with E-state index in [-0.39, 0.29) is 34.0 Å². The Morgan fingerprint density at radius 1 is 1.04 bits per heavy atom. The predicted octanol–water partition coefficient (Wildman–Crippen LogP) is -5.73. The molecule has 0 aliphatic carbocycles. The molecular formula is C15H18Br2N4O2. The zero-order chi connectivity index (χ0) is 15.1. The summed E-state index contributed by atoms with van der Waals surface area (Å²) in [6, 6.07) is 7.21. The smallest absolute Gasteiger partial charge is 0.249 e. The van der Waals surface area contributed by atoms with Crippen molar-refractivity contribution < 1.29 is 53.1 Å². The van der Waals surface area contributed by atoms with Crippen LogP contribution in [0.25, 0.3) is 0 Å². The van der Waals surface area contributed by atoms with Crippen molar-refractivity contribution in [2.24, 2.45) is 10.9 Å². The standard InChI is InChI=1S/C15H16N4O2.2BrH/c16-15(20)14-4-10-19(11-5-14)7-1-6-18-8-2-13(3-9-18)12-17-21;;/h2-5,8-12H,1,6-7H2,(H-,16,20);2*1H. The van der Waals surface area contributed by atoms with Crippen LogP contribution in [-0.4, -0.2) is 17.3 Å². The number of hydrogen-bond acceptors (Lipinski definition) is 3. The fourth-order valence-corrected chi connectivity index (χ4v) is 1.98. The molecule has 2 aromatic heterocycles. The number of nitrogens with two attached hydrogens (primary N) is 1. The summed E-state index contributed by atoms with van der Waals surface area (Å²) in [4.78, 5) is 11.0. The van der Waals surface area contributed by atoms with E-state index in [1.165, 1.54) is 6.21 Å². The van der Waals surface area contributed by atoms with Crippen molar-refractivity contribution >= 4 is 12.1 Å². The van der Waals surface area contributed by atoms with E-state index < -0.39 is 5.91 Å². The van der Waals surface area contributed by atoms with E-state index in [1.807, 2.05) is 41.5 Å². The average Bonchev–Trinajstić information content (AvgIpc) is 2.50. The second-order valence-electron chi connectivity index (χ2n) is 4.66. The molecule has 0 saturated heterocycles. The van der Waals surface area contributed by atoms with Gasteiger partial charge in [0.25, 0.3) is 0 Å². The van der Waals surface area contributed by atoms with E-state index >= 15 is 0 Å². The highest BCUT2D eigenvalue weighted by Crippen LogP contribution is 1.94. The average molecular weight is 446 g/mol. The number of carbonyl (C=O) groups excluding carboxylic acids is 1. The number of oxime groups is 1. The van der Waals surface area contributed by atoms with Crippen molar-refractivity contribution in [2.75, 3.05) is 0 Å².